The van der Waals surface area contributed by atoms with E-state index in [-0.39, 0.29) is 6.04 Å². The van der Waals surface area contributed by atoms with Crippen LogP contribution in [0.4, 0.5) is 0 Å². The average Bonchev–Trinajstić information content (AvgIpc) is 2.06. The van der Waals surface area contributed by atoms with Gasteiger partial charge in [-0.05, 0) is 6.42 Å². The third kappa shape index (κ3) is 2.05. The Bertz CT molecular complexity index is 147. The van der Waals surface area contributed by atoms with Crippen LogP contribution in [0.5, 0.6) is 0 Å². The van der Waals surface area contributed by atoms with Crippen LogP contribution in [0.1, 0.15) is 6.42 Å². The van der Waals surface area contributed by atoms with Crippen molar-refractivity contribution in [1.29, 1.82) is 0 Å². The van der Waals surface area contributed by atoms with Crippen LogP contribution >= 0.6 is 0 Å². The summed E-state index contributed by atoms with van der Waals surface area (Å²) < 4.78 is 5.20. The second-order valence-corrected chi connectivity index (χ2v) is 2.54. The predicted octanol–water partition coefficient (Wildman–Crippen LogP) is 0.331. The minimum Gasteiger partial charge on any atom is -0.377 e. The van der Waals surface area contributed by atoms with Gasteiger partial charge in [0.25, 0.3) is 0 Å². The lowest BCUT2D eigenvalue weighted by Gasteiger charge is -2.30. The van der Waals surface area contributed by atoms with Gasteiger partial charge in [0, 0.05) is 6.54 Å². The van der Waals surface area contributed by atoms with Gasteiger partial charge in [0.1, 0.15) is 0 Å². The van der Waals surface area contributed by atoms with Gasteiger partial charge >= 0.3 is 6.41 Å². The van der Waals surface area contributed by atoms with Crippen molar-refractivity contribution in [2.45, 2.75) is 12.5 Å². The summed E-state index contributed by atoms with van der Waals surface area (Å²) in [7, 11) is 0. The average molecular weight is 154 g/mol. The van der Waals surface area contributed by atoms with Gasteiger partial charge in [0.05, 0.1) is 19.3 Å². The number of ether oxygens (including phenoxy) is 1. The molecule has 1 aliphatic rings. The fourth-order valence-electron chi connectivity index (χ4n) is 1.16. The zero-order valence-electron chi connectivity index (χ0n) is 6.45. The maximum atomic E-state index is 10.4. The number of hydrogen-bond donors (Lipinski definition) is 0. The molecule has 61 valence electrons. The van der Waals surface area contributed by atoms with Crippen LogP contribution in [0.3, 0.4) is 0 Å². The summed E-state index contributed by atoms with van der Waals surface area (Å²) in [5.41, 5.74) is 0. The van der Waals surface area contributed by atoms with Crippen LogP contribution in [0.2, 0.25) is 0 Å². The molecule has 0 saturated carbocycles. The van der Waals surface area contributed by atoms with E-state index in [1.54, 1.807) is 11.0 Å². The summed E-state index contributed by atoms with van der Waals surface area (Å²) >= 11 is 0. The molecule has 1 amide bonds. The number of rotatable bonds is 3. The highest BCUT2D eigenvalue weighted by molar-refractivity contribution is 5.49. The van der Waals surface area contributed by atoms with Crippen LogP contribution in [0, 0.1) is 0 Å². The Hall–Kier alpha value is -0.830. The van der Waals surface area contributed by atoms with Gasteiger partial charge < -0.3 is 9.64 Å². The standard InChI is InChI=1S/C8H12NO2/c1-2-3-8-6-11-5-4-9(8)7-10/h2,8H,1,3-6H2. The highest BCUT2D eigenvalue weighted by Gasteiger charge is 2.20. The second-order valence-electron chi connectivity index (χ2n) is 2.54. The van der Waals surface area contributed by atoms with E-state index in [4.69, 9.17) is 4.74 Å². The SMILES string of the molecule is C=CCC1COCCN1[C]=O. The normalized spacial score (nSPS) is 24.7. The van der Waals surface area contributed by atoms with Gasteiger partial charge in [-0.3, -0.25) is 4.79 Å². The van der Waals surface area contributed by atoms with E-state index >= 15 is 0 Å². The lowest BCUT2D eigenvalue weighted by atomic mass is 10.2. The maximum Gasteiger partial charge on any atom is 0.312 e. The highest BCUT2D eigenvalue weighted by atomic mass is 16.5. The summed E-state index contributed by atoms with van der Waals surface area (Å²) in [6.45, 7) is 5.51. The fraction of sp³-hybridized carbons (Fsp3) is 0.625. The van der Waals surface area contributed by atoms with Gasteiger partial charge in [0.15, 0.2) is 0 Å². The van der Waals surface area contributed by atoms with Crippen molar-refractivity contribution in [3.8, 4) is 0 Å². The summed E-state index contributed by atoms with van der Waals surface area (Å²) in [6, 6.07) is 0.152. The first-order valence-electron chi connectivity index (χ1n) is 3.71. The first kappa shape index (κ1) is 8.27. The molecule has 1 unspecified atom stereocenters. The molecule has 1 radical (unpaired) electrons. The van der Waals surface area contributed by atoms with E-state index < -0.39 is 0 Å². The minimum absolute atomic E-state index is 0.152. The zero-order chi connectivity index (χ0) is 8.10. The molecule has 3 heteroatoms. The molecule has 0 spiro atoms. The van der Waals surface area contributed by atoms with Crippen molar-refractivity contribution in [3.05, 3.63) is 12.7 Å². The lowest BCUT2D eigenvalue weighted by Crippen LogP contribution is -2.44. The Morgan fingerprint density at radius 2 is 2.64 bits per heavy atom. The van der Waals surface area contributed by atoms with Gasteiger partial charge in [-0.2, -0.15) is 0 Å². The molecule has 1 heterocycles. The van der Waals surface area contributed by atoms with Gasteiger partial charge in [0.2, 0.25) is 0 Å². The molecule has 0 bridgehead atoms. The zero-order valence-corrected chi connectivity index (χ0v) is 6.45. The molecule has 1 saturated heterocycles. The summed E-state index contributed by atoms with van der Waals surface area (Å²) in [4.78, 5) is 12.0. The molecular weight excluding hydrogens is 142 g/mol. The number of hydrogen-bond acceptors (Lipinski definition) is 2. The first-order valence-corrected chi connectivity index (χ1v) is 3.71. The molecule has 0 aromatic carbocycles. The van der Waals surface area contributed by atoms with E-state index in [1.165, 1.54) is 0 Å². The van der Waals surface area contributed by atoms with Crippen molar-refractivity contribution in [2.24, 2.45) is 0 Å². The maximum absolute atomic E-state index is 10.4. The van der Waals surface area contributed by atoms with Crippen LogP contribution < -0.4 is 0 Å². The molecule has 0 aliphatic carbocycles. The summed E-state index contributed by atoms with van der Waals surface area (Å²) in [6.07, 6.45) is 4.48. The van der Waals surface area contributed by atoms with Crippen molar-refractivity contribution in [2.75, 3.05) is 19.8 Å². The van der Waals surface area contributed by atoms with Gasteiger partial charge in [-0.15, -0.1) is 6.58 Å². The van der Waals surface area contributed by atoms with Crippen molar-refractivity contribution < 1.29 is 9.53 Å². The topological polar surface area (TPSA) is 29.5 Å². The van der Waals surface area contributed by atoms with E-state index in [0.717, 1.165) is 6.42 Å². The number of carbonyl (C=O) groups excluding carboxylic acids is 1. The molecule has 1 atom stereocenters. The third-order valence-corrected chi connectivity index (χ3v) is 1.78. The molecule has 0 N–H and O–H groups in total. The Labute approximate surface area is 66.6 Å². The Kier molecular flexibility index (Phi) is 3.11. The molecular formula is C8H12NO2. The fourth-order valence-corrected chi connectivity index (χ4v) is 1.16. The van der Waals surface area contributed by atoms with E-state index in [2.05, 4.69) is 6.58 Å². The lowest BCUT2D eigenvalue weighted by molar-refractivity contribution is 0.0265. The van der Waals surface area contributed by atoms with Crippen molar-refractivity contribution in [3.63, 3.8) is 0 Å². The Morgan fingerprint density at radius 3 is 3.27 bits per heavy atom. The number of nitrogens with zero attached hydrogens (tertiary/aromatic N) is 1. The molecule has 11 heavy (non-hydrogen) atoms. The Morgan fingerprint density at radius 1 is 1.82 bits per heavy atom. The van der Waals surface area contributed by atoms with E-state index in [9.17, 15) is 4.79 Å². The van der Waals surface area contributed by atoms with E-state index in [1.807, 2.05) is 6.41 Å². The number of morpholine rings is 1. The minimum atomic E-state index is 0.152. The smallest absolute Gasteiger partial charge is 0.312 e. The summed E-state index contributed by atoms with van der Waals surface area (Å²) in [5, 5.41) is 0. The molecule has 0 aromatic heterocycles. The monoisotopic (exact) mass is 154 g/mol. The molecule has 0 aromatic rings. The molecule has 1 rings (SSSR count). The largest absolute Gasteiger partial charge is 0.377 e. The van der Waals surface area contributed by atoms with Crippen LogP contribution in [-0.4, -0.2) is 37.1 Å². The molecule has 3 nitrogen and oxygen atoms in total. The van der Waals surface area contributed by atoms with Gasteiger partial charge in [-0.1, -0.05) is 6.08 Å². The van der Waals surface area contributed by atoms with Crippen molar-refractivity contribution in [1.82, 2.24) is 4.90 Å². The Balaban J connectivity index is 2.43. The van der Waals surface area contributed by atoms with Crippen LogP contribution in [-0.2, 0) is 9.53 Å². The quantitative estimate of drug-likeness (QED) is 0.548. The summed E-state index contributed by atoms with van der Waals surface area (Å²) in [5.74, 6) is 0. The molecule has 1 aliphatic heterocycles. The van der Waals surface area contributed by atoms with Gasteiger partial charge in [-0.25, -0.2) is 0 Å². The number of amides is 1. The van der Waals surface area contributed by atoms with Crippen molar-refractivity contribution >= 4 is 6.41 Å². The van der Waals surface area contributed by atoms with Crippen LogP contribution in [0.15, 0.2) is 12.7 Å². The van der Waals surface area contributed by atoms with E-state index in [0.29, 0.717) is 19.8 Å². The second kappa shape index (κ2) is 4.13. The molecule has 1 fully saturated rings. The highest BCUT2D eigenvalue weighted by Crippen LogP contribution is 2.07. The van der Waals surface area contributed by atoms with Crippen LogP contribution in [0.25, 0.3) is 0 Å². The third-order valence-electron chi connectivity index (χ3n) is 1.78. The predicted molar refractivity (Wildman–Crippen MR) is 41.8 cm³/mol. The first-order chi connectivity index (χ1) is 5.38.